The van der Waals surface area contributed by atoms with Crippen LogP contribution in [-0.2, 0) is 6.42 Å². The van der Waals surface area contributed by atoms with Crippen LogP contribution in [0.15, 0.2) is 63.8 Å². The predicted octanol–water partition coefficient (Wildman–Crippen LogP) is 3.85. The van der Waals surface area contributed by atoms with E-state index in [0.29, 0.717) is 5.58 Å². The Bertz CT molecular complexity index is 944. The maximum atomic E-state index is 12.4. The van der Waals surface area contributed by atoms with Crippen molar-refractivity contribution in [2.45, 2.75) is 32.7 Å². The van der Waals surface area contributed by atoms with E-state index in [1.807, 2.05) is 50.2 Å². The summed E-state index contributed by atoms with van der Waals surface area (Å²) in [5, 5.41) is 3.64. The zero-order chi connectivity index (χ0) is 17.8. The number of aryl methyl sites for hydroxylation is 2. The molecule has 0 radical (unpaired) electrons. The first-order chi connectivity index (χ1) is 12.0. The zero-order valence-corrected chi connectivity index (χ0v) is 14.4. The van der Waals surface area contributed by atoms with E-state index in [9.17, 15) is 9.59 Å². The highest BCUT2D eigenvalue weighted by Gasteiger charge is 2.16. The summed E-state index contributed by atoms with van der Waals surface area (Å²) in [6.07, 6.45) is 1.67. The minimum atomic E-state index is -0.602. The minimum Gasteiger partial charge on any atom is -0.422 e. The highest BCUT2D eigenvalue weighted by molar-refractivity contribution is 5.97. The molecule has 4 nitrogen and oxygen atoms in total. The quantitative estimate of drug-likeness (QED) is 0.721. The molecule has 0 aliphatic heterocycles. The Morgan fingerprint density at radius 1 is 1.12 bits per heavy atom. The van der Waals surface area contributed by atoms with Crippen molar-refractivity contribution in [2.75, 3.05) is 0 Å². The van der Waals surface area contributed by atoms with Crippen LogP contribution in [-0.4, -0.2) is 11.9 Å². The molecular weight excluding hydrogens is 314 g/mol. The molecule has 0 saturated heterocycles. The van der Waals surface area contributed by atoms with Crippen LogP contribution in [0.1, 0.15) is 34.8 Å². The van der Waals surface area contributed by atoms with Gasteiger partial charge in [0.15, 0.2) is 0 Å². The molecule has 1 aromatic heterocycles. The smallest absolute Gasteiger partial charge is 0.349 e. The molecule has 1 N–H and O–H groups in total. The van der Waals surface area contributed by atoms with E-state index in [1.165, 1.54) is 5.56 Å². The Balaban J connectivity index is 1.71. The van der Waals surface area contributed by atoms with E-state index in [-0.39, 0.29) is 11.6 Å². The lowest BCUT2D eigenvalue weighted by Gasteiger charge is -2.13. The lowest BCUT2D eigenvalue weighted by atomic mass is 10.1. The third kappa shape index (κ3) is 3.97. The summed E-state index contributed by atoms with van der Waals surface area (Å²) < 4.78 is 5.34. The van der Waals surface area contributed by atoms with Gasteiger partial charge in [0.05, 0.1) is 0 Å². The molecule has 0 aliphatic rings. The van der Waals surface area contributed by atoms with Gasteiger partial charge in [-0.05, 0) is 43.9 Å². The van der Waals surface area contributed by atoms with Gasteiger partial charge in [-0.1, -0.05) is 48.5 Å². The van der Waals surface area contributed by atoms with Crippen molar-refractivity contribution >= 4 is 16.9 Å². The van der Waals surface area contributed by atoms with Crippen molar-refractivity contribution in [1.29, 1.82) is 0 Å². The number of benzene rings is 2. The lowest BCUT2D eigenvalue weighted by molar-refractivity contribution is 0.0935. The monoisotopic (exact) mass is 335 g/mol. The van der Waals surface area contributed by atoms with Gasteiger partial charge in [0.25, 0.3) is 5.91 Å². The molecule has 4 heteroatoms. The zero-order valence-electron chi connectivity index (χ0n) is 14.4. The first kappa shape index (κ1) is 17.0. The first-order valence-electron chi connectivity index (χ1n) is 8.43. The predicted molar refractivity (Wildman–Crippen MR) is 98.9 cm³/mol. The molecular formula is C21H21NO3. The van der Waals surface area contributed by atoms with E-state index in [0.717, 1.165) is 23.8 Å². The number of para-hydroxylation sites is 1. The van der Waals surface area contributed by atoms with Crippen molar-refractivity contribution in [2.24, 2.45) is 0 Å². The van der Waals surface area contributed by atoms with Crippen LogP contribution in [0.2, 0.25) is 0 Å². The number of amides is 1. The Hall–Kier alpha value is -2.88. The molecule has 3 aromatic rings. The van der Waals surface area contributed by atoms with Crippen LogP contribution in [0, 0.1) is 6.92 Å². The number of hydrogen-bond donors (Lipinski definition) is 1. The summed E-state index contributed by atoms with van der Waals surface area (Å²) >= 11 is 0. The average Bonchev–Trinajstić information content (AvgIpc) is 2.61. The van der Waals surface area contributed by atoms with Crippen molar-refractivity contribution in [3.8, 4) is 0 Å². The molecule has 128 valence electrons. The molecule has 1 amide bonds. The SMILES string of the molecule is Cc1cccc2cc(C(=O)NC(C)CCc3ccccc3)c(=O)oc12. The number of rotatable bonds is 5. The fourth-order valence-corrected chi connectivity index (χ4v) is 2.85. The Morgan fingerprint density at radius 2 is 1.88 bits per heavy atom. The van der Waals surface area contributed by atoms with Gasteiger partial charge in [-0.25, -0.2) is 4.79 Å². The number of carbonyl (C=O) groups excluding carboxylic acids is 1. The van der Waals surface area contributed by atoms with E-state index in [1.54, 1.807) is 6.07 Å². The first-order valence-corrected chi connectivity index (χ1v) is 8.43. The highest BCUT2D eigenvalue weighted by Crippen LogP contribution is 2.17. The van der Waals surface area contributed by atoms with Crippen molar-refractivity contribution in [3.05, 3.63) is 81.7 Å². The highest BCUT2D eigenvalue weighted by atomic mass is 16.4. The summed E-state index contributed by atoms with van der Waals surface area (Å²) in [4.78, 5) is 24.6. The Labute approximate surface area is 146 Å². The molecule has 1 unspecified atom stereocenters. The second-order valence-corrected chi connectivity index (χ2v) is 6.34. The second kappa shape index (κ2) is 7.34. The summed E-state index contributed by atoms with van der Waals surface area (Å²) in [6.45, 7) is 3.81. The molecule has 1 atom stereocenters. The van der Waals surface area contributed by atoms with Gasteiger partial charge in [0.2, 0.25) is 0 Å². The topological polar surface area (TPSA) is 59.3 Å². The lowest BCUT2D eigenvalue weighted by Crippen LogP contribution is -2.35. The molecule has 3 rings (SSSR count). The van der Waals surface area contributed by atoms with E-state index < -0.39 is 11.5 Å². The molecule has 25 heavy (non-hydrogen) atoms. The maximum Gasteiger partial charge on any atom is 0.349 e. The molecule has 0 fully saturated rings. The van der Waals surface area contributed by atoms with Gasteiger partial charge in [-0.15, -0.1) is 0 Å². The third-order valence-electron chi connectivity index (χ3n) is 4.29. The van der Waals surface area contributed by atoms with Gasteiger partial charge < -0.3 is 9.73 Å². The molecule has 2 aromatic carbocycles. The fourth-order valence-electron chi connectivity index (χ4n) is 2.85. The third-order valence-corrected chi connectivity index (χ3v) is 4.29. The van der Waals surface area contributed by atoms with Crippen LogP contribution in [0.4, 0.5) is 0 Å². The summed E-state index contributed by atoms with van der Waals surface area (Å²) in [6, 6.07) is 17.3. The van der Waals surface area contributed by atoms with Crippen LogP contribution < -0.4 is 10.9 Å². The standard InChI is InChI=1S/C21H21NO3/c1-14-7-6-10-17-13-18(21(24)25-19(14)17)20(23)22-15(2)11-12-16-8-4-3-5-9-16/h3-10,13,15H,11-12H2,1-2H3,(H,22,23). The molecule has 1 heterocycles. The molecule has 0 saturated carbocycles. The normalized spacial score (nSPS) is 12.1. The van der Waals surface area contributed by atoms with Crippen LogP contribution in [0.5, 0.6) is 0 Å². The van der Waals surface area contributed by atoms with Gasteiger partial charge in [0.1, 0.15) is 11.1 Å². The van der Waals surface area contributed by atoms with Crippen molar-refractivity contribution in [1.82, 2.24) is 5.32 Å². The van der Waals surface area contributed by atoms with E-state index in [4.69, 9.17) is 4.42 Å². The number of carbonyl (C=O) groups is 1. The van der Waals surface area contributed by atoms with Gasteiger partial charge in [-0.2, -0.15) is 0 Å². The van der Waals surface area contributed by atoms with Crippen LogP contribution in [0.3, 0.4) is 0 Å². The molecule has 0 aliphatic carbocycles. The summed E-state index contributed by atoms with van der Waals surface area (Å²) in [5.41, 5.74) is 2.07. The van der Waals surface area contributed by atoms with Crippen LogP contribution in [0.25, 0.3) is 11.0 Å². The Kier molecular flexibility index (Phi) is 4.98. The van der Waals surface area contributed by atoms with Crippen LogP contribution >= 0.6 is 0 Å². The molecule has 0 spiro atoms. The van der Waals surface area contributed by atoms with E-state index in [2.05, 4.69) is 17.4 Å². The second-order valence-electron chi connectivity index (χ2n) is 6.34. The minimum absolute atomic E-state index is 0.0414. The maximum absolute atomic E-state index is 12.4. The summed E-state index contributed by atoms with van der Waals surface area (Å²) in [5.74, 6) is -0.391. The Morgan fingerprint density at radius 3 is 2.64 bits per heavy atom. The van der Waals surface area contributed by atoms with Gasteiger partial charge >= 0.3 is 5.63 Å². The number of fused-ring (bicyclic) bond motifs is 1. The van der Waals surface area contributed by atoms with Crippen molar-refractivity contribution < 1.29 is 9.21 Å². The van der Waals surface area contributed by atoms with E-state index >= 15 is 0 Å². The molecule has 0 bridgehead atoms. The largest absolute Gasteiger partial charge is 0.422 e. The average molecular weight is 335 g/mol. The number of nitrogens with one attached hydrogen (secondary N) is 1. The van der Waals surface area contributed by atoms with Crippen molar-refractivity contribution in [3.63, 3.8) is 0 Å². The fraction of sp³-hybridized carbons (Fsp3) is 0.238. The summed E-state index contributed by atoms with van der Waals surface area (Å²) in [7, 11) is 0. The number of hydrogen-bond acceptors (Lipinski definition) is 3. The van der Waals surface area contributed by atoms with Gasteiger partial charge in [-0.3, -0.25) is 4.79 Å². The van der Waals surface area contributed by atoms with Gasteiger partial charge in [0, 0.05) is 11.4 Å².